The summed E-state index contributed by atoms with van der Waals surface area (Å²) < 4.78 is 23.3. The second-order valence-electron chi connectivity index (χ2n) is 4.66. The van der Waals surface area contributed by atoms with Crippen molar-refractivity contribution in [1.29, 1.82) is 0 Å². The molecule has 0 spiro atoms. The fourth-order valence-corrected chi connectivity index (χ4v) is 4.83. The minimum Gasteiger partial charge on any atom is -0.458 e. The lowest BCUT2D eigenvalue weighted by Gasteiger charge is -2.34. The molecule has 0 amide bonds. The molecule has 20 heavy (non-hydrogen) atoms. The van der Waals surface area contributed by atoms with E-state index in [1.54, 1.807) is 0 Å². The quantitative estimate of drug-likeness (QED) is 0.410. The first-order chi connectivity index (χ1) is 9.56. The van der Waals surface area contributed by atoms with Crippen molar-refractivity contribution in [2.75, 3.05) is 19.8 Å². The van der Waals surface area contributed by atoms with Gasteiger partial charge in [-0.3, -0.25) is 4.79 Å². The van der Waals surface area contributed by atoms with Crippen LogP contribution in [0.15, 0.2) is 0 Å². The zero-order valence-corrected chi connectivity index (χ0v) is 14.6. The summed E-state index contributed by atoms with van der Waals surface area (Å²) in [5, 5.41) is 0. The first kappa shape index (κ1) is 19.6. The summed E-state index contributed by atoms with van der Waals surface area (Å²) in [5.41, 5.74) is -0.426. The Labute approximate surface area is 124 Å². The Morgan fingerprint density at radius 3 is 1.55 bits per heavy atom. The Morgan fingerprint density at radius 1 is 0.900 bits per heavy atom. The summed E-state index contributed by atoms with van der Waals surface area (Å²) in [4.78, 5) is 11.3. The van der Waals surface area contributed by atoms with Crippen molar-refractivity contribution in [1.82, 2.24) is 0 Å². The average molecular weight is 306 g/mol. The highest BCUT2D eigenvalue weighted by atomic mass is 28.4. The van der Waals surface area contributed by atoms with Crippen LogP contribution in [0, 0.1) is 0 Å². The van der Waals surface area contributed by atoms with E-state index in [2.05, 4.69) is 0 Å². The monoisotopic (exact) mass is 306 g/mol. The van der Waals surface area contributed by atoms with Gasteiger partial charge in [-0.1, -0.05) is 27.7 Å². The van der Waals surface area contributed by atoms with Gasteiger partial charge in [0, 0.05) is 26.7 Å². The topological polar surface area (TPSA) is 54.0 Å². The van der Waals surface area contributed by atoms with Crippen LogP contribution in [-0.4, -0.2) is 40.3 Å². The SMILES string of the molecule is CCCO[Si](OCCC)(OCCC)C(CC)OC(C)=O. The molecule has 0 rings (SSSR count). The maximum atomic E-state index is 11.3. The van der Waals surface area contributed by atoms with Gasteiger partial charge in [-0.25, -0.2) is 0 Å². The van der Waals surface area contributed by atoms with Crippen LogP contribution in [0.1, 0.15) is 60.3 Å². The van der Waals surface area contributed by atoms with Gasteiger partial charge in [0.1, 0.15) is 0 Å². The van der Waals surface area contributed by atoms with Gasteiger partial charge >= 0.3 is 14.8 Å². The maximum absolute atomic E-state index is 11.3. The summed E-state index contributed by atoms with van der Waals surface area (Å²) in [6, 6.07) is 0. The Morgan fingerprint density at radius 2 is 1.30 bits per heavy atom. The number of ether oxygens (including phenoxy) is 1. The molecule has 0 aromatic heterocycles. The molecule has 0 radical (unpaired) electrons. The van der Waals surface area contributed by atoms with E-state index in [9.17, 15) is 4.79 Å². The van der Waals surface area contributed by atoms with Crippen LogP contribution in [0.25, 0.3) is 0 Å². The molecular formula is C14H30O5Si. The summed E-state index contributed by atoms with van der Waals surface area (Å²) in [7, 11) is -2.99. The van der Waals surface area contributed by atoms with Gasteiger partial charge in [0.15, 0.2) is 5.73 Å². The molecule has 0 aliphatic rings. The molecule has 0 aliphatic heterocycles. The summed E-state index contributed by atoms with van der Waals surface area (Å²) >= 11 is 0. The van der Waals surface area contributed by atoms with Gasteiger partial charge in [0.05, 0.1) is 0 Å². The molecule has 0 bridgehead atoms. The van der Waals surface area contributed by atoms with Crippen molar-refractivity contribution < 1.29 is 22.8 Å². The Bertz CT molecular complexity index is 238. The van der Waals surface area contributed by atoms with Gasteiger partial charge in [0.2, 0.25) is 0 Å². The third kappa shape index (κ3) is 6.83. The third-order valence-electron chi connectivity index (χ3n) is 2.60. The molecule has 6 heteroatoms. The molecule has 1 unspecified atom stereocenters. The smallest absolute Gasteiger partial charge is 0.458 e. The lowest BCUT2D eigenvalue weighted by molar-refractivity contribution is -0.146. The maximum Gasteiger partial charge on any atom is 0.544 e. The second kappa shape index (κ2) is 11.3. The molecule has 5 nitrogen and oxygen atoms in total. The second-order valence-corrected chi connectivity index (χ2v) is 7.37. The number of carbonyl (C=O) groups is 1. The summed E-state index contributed by atoms with van der Waals surface area (Å²) in [6.07, 6.45) is 3.24. The van der Waals surface area contributed by atoms with Crippen LogP contribution >= 0.6 is 0 Å². The van der Waals surface area contributed by atoms with E-state index in [0.717, 1.165) is 19.3 Å². The molecule has 0 saturated carbocycles. The van der Waals surface area contributed by atoms with E-state index < -0.39 is 14.5 Å². The highest BCUT2D eigenvalue weighted by Gasteiger charge is 2.51. The van der Waals surface area contributed by atoms with E-state index in [0.29, 0.717) is 26.2 Å². The van der Waals surface area contributed by atoms with Crippen molar-refractivity contribution in [2.45, 2.75) is 66.0 Å². The van der Waals surface area contributed by atoms with Gasteiger partial charge in [-0.05, 0) is 25.7 Å². The van der Waals surface area contributed by atoms with E-state index in [1.807, 2.05) is 27.7 Å². The molecule has 0 saturated heterocycles. The van der Waals surface area contributed by atoms with Crippen LogP contribution in [0.4, 0.5) is 0 Å². The molecule has 0 fully saturated rings. The first-order valence-electron chi connectivity index (χ1n) is 7.65. The zero-order valence-electron chi connectivity index (χ0n) is 13.6. The average Bonchev–Trinajstić information content (AvgIpc) is 2.44. The molecule has 0 aliphatic carbocycles. The van der Waals surface area contributed by atoms with Crippen molar-refractivity contribution >= 4 is 14.8 Å². The van der Waals surface area contributed by atoms with Crippen molar-refractivity contribution in [3.8, 4) is 0 Å². The van der Waals surface area contributed by atoms with Crippen LogP contribution in [0.3, 0.4) is 0 Å². The van der Waals surface area contributed by atoms with E-state index in [1.165, 1.54) is 6.92 Å². The van der Waals surface area contributed by atoms with Crippen LogP contribution in [0.5, 0.6) is 0 Å². The molecule has 120 valence electrons. The Hall–Kier alpha value is -0.433. The number of rotatable bonds is 12. The van der Waals surface area contributed by atoms with Crippen molar-refractivity contribution in [3.63, 3.8) is 0 Å². The molecule has 0 heterocycles. The van der Waals surface area contributed by atoms with Gasteiger partial charge in [-0.2, -0.15) is 0 Å². The Balaban J connectivity index is 5.10. The van der Waals surface area contributed by atoms with Crippen LogP contribution in [0.2, 0.25) is 0 Å². The van der Waals surface area contributed by atoms with Crippen LogP contribution < -0.4 is 0 Å². The molecule has 0 aromatic rings. The predicted molar refractivity (Wildman–Crippen MR) is 80.3 cm³/mol. The lowest BCUT2D eigenvalue weighted by atomic mass is 10.5. The summed E-state index contributed by atoms with van der Waals surface area (Å²) in [5.74, 6) is -0.325. The zero-order chi connectivity index (χ0) is 15.4. The highest BCUT2D eigenvalue weighted by Crippen LogP contribution is 2.22. The van der Waals surface area contributed by atoms with E-state index >= 15 is 0 Å². The van der Waals surface area contributed by atoms with Gasteiger partial charge in [0.25, 0.3) is 0 Å². The van der Waals surface area contributed by atoms with E-state index in [-0.39, 0.29) is 5.97 Å². The van der Waals surface area contributed by atoms with Crippen molar-refractivity contribution in [2.24, 2.45) is 0 Å². The fourth-order valence-electron chi connectivity index (χ4n) is 1.74. The number of hydrogen-bond donors (Lipinski definition) is 0. The number of hydrogen-bond acceptors (Lipinski definition) is 5. The predicted octanol–water partition coefficient (Wildman–Crippen LogP) is 3.09. The van der Waals surface area contributed by atoms with Gasteiger partial charge in [-0.15, -0.1) is 0 Å². The number of carbonyl (C=O) groups excluding carboxylic acids is 1. The number of esters is 1. The minimum atomic E-state index is -2.99. The third-order valence-corrected chi connectivity index (χ3v) is 5.73. The van der Waals surface area contributed by atoms with Crippen molar-refractivity contribution in [3.05, 3.63) is 0 Å². The van der Waals surface area contributed by atoms with Crippen LogP contribution in [-0.2, 0) is 22.8 Å². The normalized spacial score (nSPS) is 13.2. The highest BCUT2D eigenvalue weighted by molar-refractivity contribution is 6.62. The summed E-state index contributed by atoms with van der Waals surface area (Å²) in [6.45, 7) is 11.1. The molecule has 0 N–H and O–H groups in total. The fraction of sp³-hybridized carbons (Fsp3) is 0.929. The van der Waals surface area contributed by atoms with Gasteiger partial charge < -0.3 is 18.0 Å². The minimum absolute atomic E-state index is 0.325. The largest absolute Gasteiger partial charge is 0.544 e. The molecule has 1 atom stereocenters. The standard InChI is InChI=1S/C14H30O5Si/c1-6-10-16-20(17-11-7-2,18-12-8-3)14(9-4)19-13(5)15/h14H,6-12H2,1-5H3. The lowest BCUT2D eigenvalue weighted by Crippen LogP contribution is -2.58. The van der Waals surface area contributed by atoms with E-state index in [4.69, 9.17) is 18.0 Å². The first-order valence-corrected chi connectivity index (χ1v) is 9.45. The molecule has 0 aromatic carbocycles. The molecular weight excluding hydrogens is 276 g/mol. The Kier molecular flexibility index (Phi) is 11.0.